The Balaban J connectivity index is 2.26. The highest BCUT2D eigenvalue weighted by Gasteiger charge is 2.28. The maximum absolute atomic E-state index is 12.7. The van der Waals surface area contributed by atoms with Crippen molar-refractivity contribution >= 4 is 10.0 Å². The molecule has 21 heavy (non-hydrogen) atoms. The zero-order chi connectivity index (χ0) is 15.3. The second-order valence-electron chi connectivity index (χ2n) is 5.35. The van der Waals surface area contributed by atoms with Gasteiger partial charge >= 0.3 is 0 Å². The molecule has 0 aromatic heterocycles. The van der Waals surface area contributed by atoms with Crippen LogP contribution in [0.5, 0.6) is 0 Å². The van der Waals surface area contributed by atoms with Crippen LogP contribution in [0.15, 0.2) is 29.2 Å². The van der Waals surface area contributed by atoms with Crippen LogP contribution in [-0.4, -0.2) is 32.4 Å². The molecule has 2 N–H and O–H groups in total. The van der Waals surface area contributed by atoms with Gasteiger partial charge in [0.1, 0.15) is 0 Å². The normalized spacial score (nSPS) is 16.5. The van der Waals surface area contributed by atoms with Gasteiger partial charge in [-0.15, -0.1) is 0 Å². The lowest BCUT2D eigenvalue weighted by molar-refractivity contribution is 0.286. The van der Waals surface area contributed by atoms with Crippen LogP contribution >= 0.6 is 0 Å². The van der Waals surface area contributed by atoms with E-state index < -0.39 is 10.0 Å². The molecule has 0 bridgehead atoms. The molecule has 0 aliphatic heterocycles. The summed E-state index contributed by atoms with van der Waals surface area (Å²) in [4.78, 5) is 0.305. The number of hydrogen-bond acceptors (Lipinski definition) is 3. The largest absolute Gasteiger partial charge is 0.320 e. The Bertz CT molecular complexity index is 638. The molecule has 0 radical (unpaired) electrons. The van der Waals surface area contributed by atoms with E-state index >= 15 is 0 Å². The van der Waals surface area contributed by atoms with E-state index in [0.29, 0.717) is 10.5 Å². The number of rotatable bonds is 3. The standard InChI is InChI=1S/C16H22N2O2S/c1-18(15-9-3-2-4-10-15)21(19,20)16-11-5-7-14(13-16)8-6-12-17/h5,7,11,13,15H,2-4,9-10,12,17H2,1H3. The number of benzene rings is 1. The molecule has 0 unspecified atom stereocenters. The van der Waals surface area contributed by atoms with E-state index in [9.17, 15) is 8.42 Å². The molecule has 1 aliphatic carbocycles. The third-order valence-electron chi connectivity index (χ3n) is 3.93. The lowest BCUT2D eigenvalue weighted by Gasteiger charge is -2.30. The molecule has 0 atom stereocenters. The second-order valence-corrected chi connectivity index (χ2v) is 7.34. The van der Waals surface area contributed by atoms with Gasteiger partial charge in [-0.1, -0.05) is 37.2 Å². The molecule has 114 valence electrons. The maximum atomic E-state index is 12.7. The first-order chi connectivity index (χ1) is 10.1. The summed E-state index contributed by atoms with van der Waals surface area (Å²) in [7, 11) is -1.77. The van der Waals surface area contributed by atoms with Gasteiger partial charge in [-0.2, -0.15) is 4.31 Å². The molecule has 0 amide bonds. The van der Waals surface area contributed by atoms with Crippen molar-refractivity contribution < 1.29 is 8.42 Å². The predicted molar refractivity (Wildman–Crippen MR) is 84.2 cm³/mol. The summed E-state index contributed by atoms with van der Waals surface area (Å²) in [5.41, 5.74) is 6.03. The molecule has 4 nitrogen and oxygen atoms in total. The van der Waals surface area contributed by atoms with Gasteiger partial charge in [-0.25, -0.2) is 8.42 Å². The second kappa shape index (κ2) is 7.08. The van der Waals surface area contributed by atoms with Crippen LogP contribution in [-0.2, 0) is 10.0 Å². The average Bonchev–Trinajstić information content (AvgIpc) is 2.53. The lowest BCUT2D eigenvalue weighted by atomic mass is 9.96. The number of sulfonamides is 1. The summed E-state index contributed by atoms with van der Waals surface area (Å²) >= 11 is 0. The van der Waals surface area contributed by atoms with Crippen LogP contribution in [0.3, 0.4) is 0 Å². The molecule has 5 heteroatoms. The van der Waals surface area contributed by atoms with E-state index in [4.69, 9.17) is 5.73 Å². The van der Waals surface area contributed by atoms with Crippen LogP contribution < -0.4 is 5.73 Å². The van der Waals surface area contributed by atoms with Crippen LogP contribution in [0.1, 0.15) is 37.7 Å². The van der Waals surface area contributed by atoms with E-state index in [-0.39, 0.29) is 12.6 Å². The van der Waals surface area contributed by atoms with Crippen LogP contribution in [0.4, 0.5) is 0 Å². The van der Waals surface area contributed by atoms with Crippen LogP contribution in [0, 0.1) is 11.8 Å². The van der Waals surface area contributed by atoms with Crippen LogP contribution in [0.25, 0.3) is 0 Å². The van der Waals surface area contributed by atoms with Crippen molar-refractivity contribution in [3.8, 4) is 11.8 Å². The minimum atomic E-state index is -3.45. The molecular formula is C16H22N2O2S. The summed E-state index contributed by atoms with van der Waals surface area (Å²) < 4.78 is 27.0. The molecule has 1 fully saturated rings. The SMILES string of the molecule is CN(C1CCCCC1)S(=O)(=O)c1cccc(C#CCN)c1. The average molecular weight is 306 g/mol. The van der Waals surface area contributed by atoms with Gasteiger partial charge in [0.05, 0.1) is 11.4 Å². The minimum absolute atomic E-state index is 0.113. The predicted octanol–water partition coefficient (Wildman–Crippen LogP) is 1.95. The molecule has 1 saturated carbocycles. The smallest absolute Gasteiger partial charge is 0.243 e. The Hall–Kier alpha value is -1.35. The monoisotopic (exact) mass is 306 g/mol. The van der Waals surface area contributed by atoms with Crippen molar-refractivity contribution in [2.24, 2.45) is 5.73 Å². The third kappa shape index (κ3) is 3.85. The van der Waals surface area contributed by atoms with Gasteiger partial charge in [-0.05, 0) is 31.0 Å². The van der Waals surface area contributed by atoms with E-state index in [0.717, 1.165) is 25.7 Å². The zero-order valence-corrected chi connectivity index (χ0v) is 13.2. The zero-order valence-electron chi connectivity index (χ0n) is 12.4. The maximum Gasteiger partial charge on any atom is 0.243 e. The summed E-state index contributed by atoms with van der Waals surface area (Å²) in [5.74, 6) is 5.62. The Morgan fingerprint density at radius 3 is 2.67 bits per heavy atom. The Labute approximate surface area is 127 Å². The molecule has 0 spiro atoms. The lowest BCUT2D eigenvalue weighted by Crippen LogP contribution is -2.38. The van der Waals surface area contributed by atoms with E-state index in [2.05, 4.69) is 11.8 Å². The highest BCUT2D eigenvalue weighted by atomic mass is 32.2. The molecule has 1 aromatic rings. The Kier molecular flexibility index (Phi) is 5.40. The fourth-order valence-electron chi connectivity index (χ4n) is 2.69. The van der Waals surface area contributed by atoms with E-state index in [1.54, 1.807) is 31.3 Å². The first-order valence-corrected chi connectivity index (χ1v) is 8.77. The summed E-state index contributed by atoms with van der Waals surface area (Å²) in [5, 5.41) is 0. The van der Waals surface area contributed by atoms with Gasteiger partial charge in [0, 0.05) is 18.7 Å². The van der Waals surface area contributed by atoms with Crippen molar-refractivity contribution in [2.75, 3.05) is 13.6 Å². The van der Waals surface area contributed by atoms with Gasteiger partial charge in [0.25, 0.3) is 0 Å². The molecule has 0 heterocycles. The quantitative estimate of drug-likeness (QED) is 0.868. The fraction of sp³-hybridized carbons (Fsp3) is 0.500. The highest BCUT2D eigenvalue weighted by molar-refractivity contribution is 7.89. The highest BCUT2D eigenvalue weighted by Crippen LogP contribution is 2.26. The van der Waals surface area contributed by atoms with E-state index in [1.807, 2.05) is 0 Å². The van der Waals surface area contributed by atoms with Crippen molar-refractivity contribution in [3.63, 3.8) is 0 Å². The molecular weight excluding hydrogens is 284 g/mol. The van der Waals surface area contributed by atoms with Gasteiger partial charge in [-0.3, -0.25) is 0 Å². The Morgan fingerprint density at radius 2 is 2.00 bits per heavy atom. The van der Waals surface area contributed by atoms with Gasteiger partial charge < -0.3 is 5.73 Å². The summed E-state index contributed by atoms with van der Waals surface area (Å²) in [6.07, 6.45) is 5.30. The number of nitrogens with two attached hydrogens (primary N) is 1. The third-order valence-corrected chi connectivity index (χ3v) is 5.84. The molecule has 1 aromatic carbocycles. The van der Waals surface area contributed by atoms with Crippen molar-refractivity contribution in [2.45, 2.75) is 43.0 Å². The van der Waals surface area contributed by atoms with Gasteiger partial charge in [0.15, 0.2) is 0 Å². The molecule has 1 aliphatic rings. The first kappa shape index (κ1) is 16.0. The fourth-order valence-corrected chi connectivity index (χ4v) is 4.16. The molecule has 2 rings (SSSR count). The summed E-state index contributed by atoms with van der Waals surface area (Å²) in [6, 6.07) is 6.88. The van der Waals surface area contributed by atoms with Crippen molar-refractivity contribution in [1.29, 1.82) is 0 Å². The van der Waals surface area contributed by atoms with Crippen LogP contribution in [0.2, 0.25) is 0 Å². The Morgan fingerprint density at radius 1 is 1.29 bits per heavy atom. The minimum Gasteiger partial charge on any atom is -0.320 e. The summed E-state index contributed by atoms with van der Waals surface area (Å²) in [6.45, 7) is 0.263. The van der Waals surface area contributed by atoms with Crippen molar-refractivity contribution in [3.05, 3.63) is 29.8 Å². The number of nitrogens with zero attached hydrogens (tertiary/aromatic N) is 1. The number of hydrogen-bond donors (Lipinski definition) is 1. The van der Waals surface area contributed by atoms with Gasteiger partial charge in [0.2, 0.25) is 10.0 Å². The van der Waals surface area contributed by atoms with Crippen molar-refractivity contribution in [1.82, 2.24) is 4.31 Å². The topological polar surface area (TPSA) is 63.4 Å². The molecule has 0 saturated heterocycles. The first-order valence-electron chi connectivity index (χ1n) is 7.33. The van der Waals surface area contributed by atoms with E-state index in [1.165, 1.54) is 10.7 Å².